The molecule has 0 aliphatic carbocycles. The molecule has 2 aliphatic rings. The lowest BCUT2D eigenvalue weighted by molar-refractivity contribution is 0.246. The number of piperidine rings is 1. The van der Waals surface area contributed by atoms with Crippen molar-refractivity contribution in [2.24, 2.45) is 0 Å². The Labute approximate surface area is 103 Å². The van der Waals surface area contributed by atoms with Gasteiger partial charge in [0.2, 0.25) is 0 Å². The van der Waals surface area contributed by atoms with Crippen LogP contribution in [0.15, 0.2) is 22.7 Å². The molecule has 0 radical (unpaired) electrons. The highest BCUT2D eigenvalue weighted by Crippen LogP contribution is 2.37. The van der Waals surface area contributed by atoms with Gasteiger partial charge in [-0.2, -0.15) is 0 Å². The van der Waals surface area contributed by atoms with Crippen LogP contribution in [0.25, 0.3) is 0 Å². The molecule has 3 rings (SSSR count). The molecule has 0 saturated carbocycles. The molecule has 4 heteroatoms. The predicted molar refractivity (Wildman–Crippen MR) is 67.9 cm³/mol. The molecule has 1 aromatic carbocycles. The van der Waals surface area contributed by atoms with E-state index in [4.69, 9.17) is 0 Å². The number of alkyl halides is 1. The van der Waals surface area contributed by atoms with E-state index in [1.165, 1.54) is 5.69 Å². The third kappa shape index (κ3) is 1.69. The molecule has 0 aromatic heterocycles. The number of rotatable bonds is 0. The van der Waals surface area contributed by atoms with E-state index in [1.54, 1.807) is 0 Å². The summed E-state index contributed by atoms with van der Waals surface area (Å²) in [5, 5.41) is 3.38. The zero-order valence-corrected chi connectivity index (χ0v) is 10.5. The molecule has 1 saturated heterocycles. The lowest BCUT2D eigenvalue weighted by Gasteiger charge is -2.43. The van der Waals surface area contributed by atoms with Gasteiger partial charge in [-0.1, -0.05) is 15.9 Å². The van der Waals surface area contributed by atoms with Crippen molar-refractivity contribution in [3.05, 3.63) is 22.7 Å². The van der Waals surface area contributed by atoms with Crippen LogP contribution in [0.1, 0.15) is 12.8 Å². The number of benzene rings is 1. The summed E-state index contributed by atoms with van der Waals surface area (Å²) in [4.78, 5) is 2.34. The second-order valence-electron chi connectivity index (χ2n) is 4.51. The van der Waals surface area contributed by atoms with E-state index in [0.29, 0.717) is 18.9 Å². The molecule has 1 aromatic rings. The molecule has 86 valence electrons. The minimum atomic E-state index is -0.625. The van der Waals surface area contributed by atoms with Crippen molar-refractivity contribution in [2.75, 3.05) is 23.3 Å². The number of hydrogen-bond acceptors (Lipinski definition) is 2. The van der Waals surface area contributed by atoms with Crippen LogP contribution < -0.4 is 10.2 Å². The molecule has 1 unspecified atom stereocenters. The fourth-order valence-corrected chi connectivity index (χ4v) is 3.00. The van der Waals surface area contributed by atoms with Gasteiger partial charge in [-0.15, -0.1) is 0 Å². The highest BCUT2D eigenvalue weighted by molar-refractivity contribution is 9.10. The fraction of sp³-hybridized carbons (Fsp3) is 0.500. The summed E-state index contributed by atoms with van der Waals surface area (Å²) < 4.78 is 14.4. The van der Waals surface area contributed by atoms with Crippen LogP contribution in [-0.4, -0.2) is 25.3 Å². The van der Waals surface area contributed by atoms with Crippen LogP contribution >= 0.6 is 15.9 Å². The maximum atomic E-state index is 13.3. The van der Waals surface area contributed by atoms with Gasteiger partial charge < -0.3 is 10.2 Å². The SMILES string of the molecule is FC1CCN2c3ccc(Br)cc3NC[C@@H]2C1. The second-order valence-corrected chi connectivity index (χ2v) is 5.43. The molecular formula is C12H14BrFN2. The van der Waals surface area contributed by atoms with Crippen LogP contribution in [0.4, 0.5) is 15.8 Å². The summed E-state index contributed by atoms with van der Waals surface area (Å²) in [6, 6.07) is 6.56. The van der Waals surface area contributed by atoms with E-state index >= 15 is 0 Å². The molecule has 2 aliphatic heterocycles. The molecule has 16 heavy (non-hydrogen) atoms. The molecular weight excluding hydrogens is 271 g/mol. The van der Waals surface area contributed by atoms with Crippen molar-refractivity contribution in [3.63, 3.8) is 0 Å². The molecule has 2 nitrogen and oxygen atoms in total. The smallest absolute Gasteiger partial charge is 0.104 e. The predicted octanol–water partition coefficient (Wildman–Crippen LogP) is 3.18. The number of nitrogens with zero attached hydrogens (tertiary/aromatic N) is 1. The lowest BCUT2D eigenvalue weighted by Crippen LogP contribution is -2.49. The first-order chi connectivity index (χ1) is 7.74. The van der Waals surface area contributed by atoms with Gasteiger partial charge in [-0.3, -0.25) is 0 Å². The van der Waals surface area contributed by atoms with Crippen LogP contribution in [0.5, 0.6) is 0 Å². The molecule has 1 fully saturated rings. The summed E-state index contributed by atoms with van der Waals surface area (Å²) in [5.41, 5.74) is 2.37. The topological polar surface area (TPSA) is 15.3 Å². The van der Waals surface area contributed by atoms with Crippen molar-refractivity contribution in [1.29, 1.82) is 0 Å². The Morgan fingerprint density at radius 2 is 2.31 bits per heavy atom. The molecule has 0 spiro atoms. The Kier molecular flexibility index (Phi) is 2.54. The molecule has 2 atom stereocenters. The first kappa shape index (κ1) is 10.4. The number of fused-ring (bicyclic) bond motifs is 3. The Balaban J connectivity index is 1.94. The summed E-state index contributed by atoms with van der Waals surface area (Å²) in [6.07, 6.45) is 0.689. The van der Waals surface area contributed by atoms with Gasteiger partial charge in [0.15, 0.2) is 0 Å². The number of halogens is 2. The van der Waals surface area contributed by atoms with Crippen molar-refractivity contribution in [3.8, 4) is 0 Å². The third-order valence-electron chi connectivity index (χ3n) is 3.45. The number of anilines is 2. The molecule has 0 bridgehead atoms. The van der Waals surface area contributed by atoms with Gasteiger partial charge in [0.25, 0.3) is 0 Å². The van der Waals surface area contributed by atoms with E-state index in [1.807, 2.05) is 6.07 Å². The highest BCUT2D eigenvalue weighted by atomic mass is 79.9. The van der Waals surface area contributed by atoms with E-state index in [9.17, 15) is 4.39 Å². The Morgan fingerprint density at radius 3 is 3.19 bits per heavy atom. The van der Waals surface area contributed by atoms with Gasteiger partial charge >= 0.3 is 0 Å². The highest BCUT2D eigenvalue weighted by Gasteiger charge is 2.32. The van der Waals surface area contributed by atoms with Crippen LogP contribution in [0.3, 0.4) is 0 Å². The summed E-state index contributed by atoms with van der Waals surface area (Å²) >= 11 is 3.47. The fourth-order valence-electron chi connectivity index (χ4n) is 2.64. The largest absolute Gasteiger partial charge is 0.381 e. The van der Waals surface area contributed by atoms with Gasteiger partial charge in [-0.05, 0) is 24.6 Å². The van der Waals surface area contributed by atoms with Gasteiger partial charge in [0.1, 0.15) is 6.17 Å². The van der Waals surface area contributed by atoms with Crippen LogP contribution in [0, 0.1) is 0 Å². The van der Waals surface area contributed by atoms with Crippen molar-refractivity contribution >= 4 is 27.3 Å². The van der Waals surface area contributed by atoms with E-state index in [-0.39, 0.29) is 0 Å². The van der Waals surface area contributed by atoms with Crippen molar-refractivity contribution < 1.29 is 4.39 Å². The summed E-state index contributed by atoms with van der Waals surface area (Å²) in [6.45, 7) is 1.69. The molecule has 2 heterocycles. The molecule has 0 amide bonds. The maximum Gasteiger partial charge on any atom is 0.104 e. The van der Waals surface area contributed by atoms with Crippen LogP contribution in [0.2, 0.25) is 0 Å². The number of nitrogens with one attached hydrogen (secondary N) is 1. The Hall–Kier alpha value is -0.770. The zero-order valence-electron chi connectivity index (χ0n) is 8.92. The summed E-state index contributed by atoms with van der Waals surface area (Å²) in [7, 11) is 0. The second kappa shape index (κ2) is 3.91. The maximum absolute atomic E-state index is 13.3. The monoisotopic (exact) mass is 284 g/mol. The van der Waals surface area contributed by atoms with E-state index in [0.717, 1.165) is 23.2 Å². The van der Waals surface area contributed by atoms with Crippen LogP contribution in [-0.2, 0) is 0 Å². The normalized spacial score (nSPS) is 28.0. The lowest BCUT2D eigenvalue weighted by atomic mass is 9.97. The standard InChI is InChI=1S/C12H14BrFN2/c13-8-1-2-12-11(5-8)15-7-10-6-9(14)3-4-16(10)12/h1-2,5,9-10,15H,3-4,6-7H2/t9?,10-/m0/s1. The van der Waals surface area contributed by atoms with Crippen molar-refractivity contribution in [2.45, 2.75) is 25.1 Å². The zero-order chi connectivity index (χ0) is 11.1. The first-order valence-corrected chi connectivity index (χ1v) is 6.47. The number of hydrogen-bond donors (Lipinski definition) is 1. The van der Waals surface area contributed by atoms with E-state index in [2.05, 4.69) is 38.3 Å². The Bertz CT molecular complexity index is 410. The first-order valence-electron chi connectivity index (χ1n) is 5.68. The van der Waals surface area contributed by atoms with E-state index < -0.39 is 6.17 Å². The van der Waals surface area contributed by atoms with Gasteiger partial charge in [0, 0.05) is 30.0 Å². The van der Waals surface area contributed by atoms with Gasteiger partial charge in [-0.25, -0.2) is 4.39 Å². The Morgan fingerprint density at radius 1 is 1.44 bits per heavy atom. The van der Waals surface area contributed by atoms with Gasteiger partial charge in [0.05, 0.1) is 11.4 Å². The minimum absolute atomic E-state index is 0.317. The molecule has 1 N–H and O–H groups in total. The third-order valence-corrected chi connectivity index (χ3v) is 3.94. The quantitative estimate of drug-likeness (QED) is 0.787. The minimum Gasteiger partial charge on any atom is -0.381 e. The summed E-state index contributed by atoms with van der Waals surface area (Å²) in [5.74, 6) is 0. The average Bonchev–Trinajstić information content (AvgIpc) is 2.28. The average molecular weight is 285 g/mol. The van der Waals surface area contributed by atoms with Crippen molar-refractivity contribution in [1.82, 2.24) is 0 Å².